The van der Waals surface area contributed by atoms with Crippen LogP contribution in [0.4, 0.5) is 11.4 Å². The Morgan fingerprint density at radius 2 is 2.09 bits per heavy atom. The zero-order chi connectivity index (χ0) is 15.8. The van der Waals surface area contributed by atoms with Gasteiger partial charge in [0.2, 0.25) is 0 Å². The number of hydrogen-bond acceptors (Lipinski definition) is 6. The lowest BCUT2D eigenvalue weighted by molar-refractivity contribution is 0.585. The van der Waals surface area contributed by atoms with Crippen LogP contribution in [0.3, 0.4) is 0 Å². The Balaban J connectivity index is 1.79. The Kier molecular flexibility index (Phi) is 3.55. The van der Waals surface area contributed by atoms with Gasteiger partial charge in [-0.2, -0.15) is 0 Å². The van der Waals surface area contributed by atoms with Crippen molar-refractivity contribution < 1.29 is 4.42 Å². The average Bonchev–Trinajstić information content (AvgIpc) is 2.94. The third kappa shape index (κ3) is 2.71. The number of thioether (sulfide) groups is 1. The molecule has 0 atom stereocenters. The van der Waals surface area contributed by atoms with Gasteiger partial charge in [0.05, 0.1) is 10.2 Å². The van der Waals surface area contributed by atoms with Crippen LogP contribution in [-0.4, -0.2) is 11.2 Å². The van der Waals surface area contributed by atoms with E-state index in [0.717, 1.165) is 38.3 Å². The van der Waals surface area contributed by atoms with Gasteiger partial charge in [-0.1, -0.05) is 11.3 Å². The SMILES string of the molecule is CSc1ccc2nccc(Nc3ccc4oc(=O)sc4c3)c2c1. The summed E-state index contributed by atoms with van der Waals surface area (Å²) in [5.41, 5.74) is 3.47. The Morgan fingerprint density at radius 1 is 1.17 bits per heavy atom. The van der Waals surface area contributed by atoms with Crippen LogP contribution in [0.15, 0.2) is 62.8 Å². The molecule has 23 heavy (non-hydrogen) atoms. The normalized spacial score (nSPS) is 11.2. The lowest BCUT2D eigenvalue weighted by atomic mass is 10.2. The number of pyridine rings is 1. The number of benzene rings is 2. The van der Waals surface area contributed by atoms with Crippen LogP contribution in [0.5, 0.6) is 0 Å². The second-order valence-corrected chi connectivity index (χ2v) is 6.84. The molecule has 0 saturated carbocycles. The number of fused-ring (bicyclic) bond motifs is 2. The zero-order valence-electron chi connectivity index (χ0n) is 12.2. The molecule has 0 spiro atoms. The molecule has 0 aliphatic heterocycles. The molecule has 4 aromatic rings. The molecule has 0 aliphatic carbocycles. The summed E-state index contributed by atoms with van der Waals surface area (Å²) >= 11 is 2.81. The first-order valence-electron chi connectivity index (χ1n) is 6.96. The smallest absolute Gasteiger partial charge is 0.396 e. The van der Waals surface area contributed by atoms with E-state index in [1.807, 2.05) is 30.3 Å². The van der Waals surface area contributed by atoms with Crippen LogP contribution in [0, 0.1) is 0 Å². The van der Waals surface area contributed by atoms with Crippen molar-refractivity contribution in [1.29, 1.82) is 0 Å². The molecule has 0 aliphatic rings. The van der Waals surface area contributed by atoms with Gasteiger partial charge in [0.1, 0.15) is 5.58 Å². The minimum absolute atomic E-state index is 0.281. The van der Waals surface area contributed by atoms with Crippen LogP contribution in [0.2, 0.25) is 0 Å². The first-order chi connectivity index (χ1) is 11.2. The van der Waals surface area contributed by atoms with Gasteiger partial charge in [0.25, 0.3) is 0 Å². The predicted octanol–water partition coefficient (Wildman–Crippen LogP) is 4.87. The number of rotatable bonds is 3. The first-order valence-corrected chi connectivity index (χ1v) is 9.00. The summed E-state index contributed by atoms with van der Waals surface area (Å²) < 4.78 is 5.93. The molecule has 4 nitrogen and oxygen atoms in total. The van der Waals surface area contributed by atoms with E-state index in [9.17, 15) is 4.79 Å². The maximum absolute atomic E-state index is 11.3. The molecular weight excluding hydrogens is 328 g/mol. The van der Waals surface area contributed by atoms with Crippen LogP contribution < -0.4 is 10.3 Å². The fourth-order valence-electron chi connectivity index (χ4n) is 2.47. The van der Waals surface area contributed by atoms with Gasteiger partial charge in [0.15, 0.2) is 0 Å². The van der Waals surface area contributed by atoms with Gasteiger partial charge in [-0.05, 0) is 48.7 Å². The highest BCUT2D eigenvalue weighted by Gasteiger charge is 2.06. The van der Waals surface area contributed by atoms with Crippen molar-refractivity contribution in [3.63, 3.8) is 0 Å². The van der Waals surface area contributed by atoms with Crippen molar-refractivity contribution in [2.75, 3.05) is 11.6 Å². The van der Waals surface area contributed by atoms with Crippen molar-refractivity contribution in [3.05, 3.63) is 58.4 Å². The van der Waals surface area contributed by atoms with Crippen LogP contribution in [0.25, 0.3) is 21.2 Å². The maximum Gasteiger partial charge on any atom is 0.396 e. The standard InChI is InChI=1S/C17H12N2O2S2/c1-22-11-3-4-13-12(9-11)14(6-7-18-13)19-10-2-5-15-16(8-10)23-17(20)21-15/h2-9H,1H3,(H,18,19). The summed E-state index contributed by atoms with van der Waals surface area (Å²) in [4.78, 5) is 16.6. The number of aromatic nitrogens is 1. The monoisotopic (exact) mass is 340 g/mol. The summed E-state index contributed by atoms with van der Waals surface area (Å²) in [6, 6.07) is 13.8. The fourth-order valence-corrected chi connectivity index (χ4v) is 3.61. The highest BCUT2D eigenvalue weighted by Crippen LogP contribution is 2.30. The quantitative estimate of drug-likeness (QED) is 0.539. The molecule has 0 unspecified atom stereocenters. The molecule has 0 amide bonds. The molecule has 2 heterocycles. The molecule has 4 rings (SSSR count). The Hall–Kier alpha value is -2.31. The number of nitrogens with zero attached hydrogens (tertiary/aromatic N) is 1. The lowest BCUT2D eigenvalue weighted by Gasteiger charge is -2.10. The van der Waals surface area contributed by atoms with Crippen molar-refractivity contribution in [2.45, 2.75) is 4.90 Å². The van der Waals surface area contributed by atoms with Gasteiger partial charge < -0.3 is 9.73 Å². The maximum atomic E-state index is 11.3. The Morgan fingerprint density at radius 3 is 2.96 bits per heavy atom. The van der Waals surface area contributed by atoms with E-state index in [2.05, 4.69) is 28.7 Å². The predicted molar refractivity (Wildman–Crippen MR) is 97.2 cm³/mol. The topological polar surface area (TPSA) is 55.1 Å². The molecule has 0 radical (unpaired) electrons. The summed E-state index contributed by atoms with van der Waals surface area (Å²) in [6.45, 7) is 0. The van der Waals surface area contributed by atoms with Crippen molar-refractivity contribution >= 4 is 55.7 Å². The minimum atomic E-state index is -0.281. The van der Waals surface area contributed by atoms with Crippen molar-refractivity contribution in [3.8, 4) is 0 Å². The largest absolute Gasteiger partial charge is 0.414 e. The molecule has 0 fully saturated rings. The van der Waals surface area contributed by atoms with Crippen LogP contribution in [0.1, 0.15) is 0 Å². The van der Waals surface area contributed by atoms with E-state index < -0.39 is 0 Å². The molecule has 0 saturated heterocycles. The third-order valence-electron chi connectivity index (χ3n) is 3.56. The lowest BCUT2D eigenvalue weighted by Crippen LogP contribution is -1.92. The van der Waals surface area contributed by atoms with Gasteiger partial charge in [-0.25, -0.2) is 4.79 Å². The van der Waals surface area contributed by atoms with E-state index in [0.29, 0.717) is 5.58 Å². The second-order valence-electron chi connectivity index (χ2n) is 4.98. The van der Waals surface area contributed by atoms with E-state index in [4.69, 9.17) is 4.42 Å². The second kappa shape index (κ2) is 5.72. The molecule has 114 valence electrons. The van der Waals surface area contributed by atoms with E-state index in [-0.39, 0.29) is 4.94 Å². The van der Waals surface area contributed by atoms with Crippen molar-refractivity contribution in [2.24, 2.45) is 0 Å². The van der Waals surface area contributed by atoms with Gasteiger partial charge in [-0.3, -0.25) is 4.98 Å². The van der Waals surface area contributed by atoms with Crippen LogP contribution in [-0.2, 0) is 0 Å². The molecular formula is C17H12N2O2S2. The molecule has 6 heteroatoms. The first kappa shape index (κ1) is 14.3. The number of anilines is 2. The number of nitrogens with one attached hydrogen (secondary N) is 1. The highest BCUT2D eigenvalue weighted by molar-refractivity contribution is 7.98. The van der Waals surface area contributed by atoms with E-state index >= 15 is 0 Å². The summed E-state index contributed by atoms with van der Waals surface area (Å²) in [6.07, 6.45) is 3.84. The summed E-state index contributed by atoms with van der Waals surface area (Å²) in [7, 11) is 0. The summed E-state index contributed by atoms with van der Waals surface area (Å²) in [5, 5.41) is 4.48. The summed E-state index contributed by atoms with van der Waals surface area (Å²) in [5.74, 6) is 0. The van der Waals surface area contributed by atoms with Crippen LogP contribution >= 0.6 is 23.1 Å². The van der Waals surface area contributed by atoms with E-state index in [1.165, 1.54) is 4.90 Å². The fraction of sp³-hybridized carbons (Fsp3) is 0.0588. The Labute approximate surface area is 140 Å². The molecule has 2 aromatic carbocycles. The Bertz CT molecular complexity index is 1070. The van der Waals surface area contributed by atoms with E-state index in [1.54, 1.807) is 18.0 Å². The van der Waals surface area contributed by atoms with Crippen molar-refractivity contribution in [1.82, 2.24) is 4.98 Å². The van der Waals surface area contributed by atoms with Gasteiger partial charge >= 0.3 is 4.94 Å². The minimum Gasteiger partial charge on any atom is -0.414 e. The van der Waals surface area contributed by atoms with Gasteiger partial charge in [0, 0.05) is 27.9 Å². The molecule has 2 aromatic heterocycles. The third-order valence-corrected chi connectivity index (χ3v) is 5.07. The zero-order valence-corrected chi connectivity index (χ0v) is 13.8. The molecule has 0 bridgehead atoms. The number of hydrogen-bond donors (Lipinski definition) is 1. The average molecular weight is 340 g/mol. The molecule has 1 N–H and O–H groups in total. The van der Waals surface area contributed by atoms with Gasteiger partial charge in [-0.15, -0.1) is 11.8 Å². The highest BCUT2D eigenvalue weighted by atomic mass is 32.2.